The Hall–Kier alpha value is 0.0700. The van der Waals surface area contributed by atoms with Crippen LogP contribution < -0.4 is 0 Å². The van der Waals surface area contributed by atoms with Gasteiger partial charge < -0.3 is 0 Å². The van der Waals surface area contributed by atoms with Gasteiger partial charge in [-0.15, -0.1) is 11.3 Å². The van der Waals surface area contributed by atoms with Crippen molar-refractivity contribution in [3.63, 3.8) is 0 Å². The summed E-state index contributed by atoms with van der Waals surface area (Å²) in [5, 5.41) is 3.29. The number of halogens is 1. The van der Waals surface area contributed by atoms with Gasteiger partial charge in [-0.25, -0.2) is 4.98 Å². The SMILES string of the molecule is CC1CN(Cc2nccs2)CCC1Br. The fraction of sp³-hybridized carbons (Fsp3) is 0.700. The Morgan fingerprint density at radius 1 is 1.71 bits per heavy atom. The van der Waals surface area contributed by atoms with Crippen molar-refractivity contribution >= 4 is 27.3 Å². The second-order valence-electron chi connectivity index (χ2n) is 3.94. The van der Waals surface area contributed by atoms with Crippen molar-refractivity contribution in [1.82, 2.24) is 9.88 Å². The van der Waals surface area contributed by atoms with E-state index in [9.17, 15) is 0 Å². The lowest BCUT2D eigenvalue weighted by molar-refractivity contribution is 0.183. The maximum Gasteiger partial charge on any atom is 0.107 e. The number of nitrogens with zero attached hydrogens (tertiary/aromatic N) is 2. The molecule has 1 fully saturated rings. The number of rotatable bonds is 2. The smallest absolute Gasteiger partial charge is 0.107 e. The molecule has 0 radical (unpaired) electrons. The van der Waals surface area contributed by atoms with Crippen LogP contribution >= 0.6 is 27.3 Å². The highest BCUT2D eigenvalue weighted by Crippen LogP contribution is 2.24. The number of thiazole rings is 1. The van der Waals surface area contributed by atoms with Crippen molar-refractivity contribution in [1.29, 1.82) is 0 Å². The minimum Gasteiger partial charge on any atom is -0.296 e. The highest BCUT2D eigenvalue weighted by atomic mass is 79.9. The molecular weight excluding hydrogens is 260 g/mol. The van der Waals surface area contributed by atoms with Gasteiger partial charge in [0.1, 0.15) is 5.01 Å². The van der Waals surface area contributed by atoms with Crippen LogP contribution in [0.5, 0.6) is 0 Å². The molecule has 0 saturated carbocycles. The fourth-order valence-corrected chi connectivity index (χ4v) is 2.90. The molecule has 2 rings (SSSR count). The van der Waals surface area contributed by atoms with E-state index in [1.807, 2.05) is 6.20 Å². The van der Waals surface area contributed by atoms with E-state index in [0.29, 0.717) is 4.83 Å². The first-order valence-electron chi connectivity index (χ1n) is 5.00. The minimum absolute atomic E-state index is 0.704. The van der Waals surface area contributed by atoms with Gasteiger partial charge in [0.25, 0.3) is 0 Å². The van der Waals surface area contributed by atoms with Crippen LogP contribution in [0.15, 0.2) is 11.6 Å². The van der Waals surface area contributed by atoms with Gasteiger partial charge in [0.15, 0.2) is 0 Å². The molecule has 2 unspecified atom stereocenters. The predicted molar refractivity (Wildman–Crippen MR) is 63.9 cm³/mol. The summed E-state index contributed by atoms with van der Waals surface area (Å²) in [5.74, 6) is 0.753. The number of hydrogen-bond donors (Lipinski definition) is 0. The van der Waals surface area contributed by atoms with Gasteiger partial charge in [0.2, 0.25) is 0 Å². The van der Waals surface area contributed by atoms with Crippen molar-refractivity contribution in [3.8, 4) is 0 Å². The Morgan fingerprint density at radius 2 is 2.57 bits per heavy atom. The standard InChI is InChI=1S/C10H15BrN2S/c1-8-6-13(4-2-9(8)11)7-10-12-3-5-14-10/h3,5,8-9H,2,4,6-7H2,1H3. The fourth-order valence-electron chi connectivity index (χ4n) is 1.87. The van der Waals surface area contributed by atoms with E-state index in [-0.39, 0.29) is 0 Å². The third-order valence-electron chi connectivity index (χ3n) is 2.73. The van der Waals surface area contributed by atoms with E-state index in [0.717, 1.165) is 12.5 Å². The molecule has 2 heterocycles. The lowest BCUT2D eigenvalue weighted by atomic mass is 10.0. The number of aromatic nitrogens is 1. The molecular formula is C10H15BrN2S. The van der Waals surface area contributed by atoms with Crippen LogP contribution in [0.25, 0.3) is 0 Å². The Bertz CT molecular complexity index is 276. The number of likely N-dealkylation sites (tertiary alicyclic amines) is 1. The maximum absolute atomic E-state index is 4.32. The Morgan fingerprint density at radius 3 is 3.21 bits per heavy atom. The first kappa shape index (κ1) is 10.6. The van der Waals surface area contributed by atoms with E-state index in [4.69, 9.17) is 0 Å². The van der Waals surface area contributed by atoms with E-state index < -0.39 is 0 Å². The van der Waals surface area contributed by atoms with Crippen molar-refractivity contribution in [3.05, 3.63) is 16.6 Å². The van der Waals surface area contributed by atoms with Gasteiger partial charge in [-0.1, -0.05) is 22.9 Å². The monoisotopic (exact) mass is 274 g/mol. The first-order chi connectivity index (χ1) is 6.75. The lowest BCUT2D eigenvalue weighted by Crippen LogP contribution is -2.39. The lowest BCUT2D eigenvalue weighted by Gasteiger charge is -2.33. The summed E-state index contributed by atoms with van der Waals surface area (Å²) in [4.78, 5) is 7.52. The van der Waals surface area contributed by atoms with Gasteiger partial charge in [-0.3, -0.25) is 4.90 Å². The summed E-state index contributed by atoms with van der Waals surface area (Å²) in [6.07, 6.45) is 3.15. The van der Waals surface area contributed by atoms with Crippen LogP contribution in [0.2, 0.25) is 0 Å². The number of alkyl halides is 1. The van der Waals surface area contributed by atoms with E-state index in [1.54, 1.807) is 11.3 Å². The molecule has 0 spiro atoms. The molecule has 14 heavy (non-hydrogen) atoms. The van der Waals surface area contributed by atoms with Crippen LogP contribution in [0, 0.1) is 5.92 Å². The third-order valence-corrected chi connectivity index (χ3v) is 4.85. The average Bonchev–Trinajstić information content (AvgIpc) is 2.64. The molecule has 0 amide bonds. The van der Waals surface area contributed by atoms with E-state index in [1.165, 1.54) is 24.5 Å². The van der Waals surface area contributed by atoms with Crippen LogP contribution in [0.3, 0.4) is 0 Å². The van der Waals surface area contributed by atoms with Gasteiger partial charge in [-0.05, 0) is 18.9 Å². The Labute approximate surface area is 97.5 Å². The molecule has 0 bridgehead atoms. The van der Waals surface area contributed by atoms with Gasteiger partial charge in [-0.2, -0.15) is 0 Å². The van der Waals surface area contributed by atoms with E-state index >= 15 is 0 Å². The molecule has 1 saturated heterocycles. The third kappa shape index (κ3) is 2.55. The zero-order valence-corrected chi connectivity index (χ0v) is 10.7. The quantitative estimate of drug-likeness (QED) is 0.771. The average molecular weight is 275 g/mol. The summed E-state index contributed by atoms with van der Waals surface area (Å²) in [5.41, 5.74) is 0. The molecule has 0 aliphatic carbocycles. The molecule has 1 aromatic heterocycles. The van der Waals surface area contributed by atoms with Crippen LogP contribution in [0.4, 0.5) is 0 Å². The molecule has 78 valence electrons. The Kier molecular flexibility index (Phi) is 3.57. The van der Waals surface area contributed by atoms with Gasteiger partial charge in [0, 0.05) is 22.9 Å². The van der Waals surface area contributed by atoms with Crippen molar-refractivity contribution in [2.75, 3.05) is 13.1 Å². The summed E-state index contributed by atoms with van der Waals surface area (Å²) in [6, 6.07) is 0. The molecule has 0 N–H and O–H groups in total. The summed E-state index contributed by atoms with van der Waals surface area (Å²) in [7, 11) is 0. The minimum atomic E-state index is 0.704. The highest BCUT2D eigenvalue weighted by Gasteiger charge is 2.23. The zero-order valence-electron chi connectivity index (χ0n) is 8.32. The number of hydrogen-bond acceptors (Lipinski definition) is 3. The van der Waals surface area contributed by atoms with Crippen LogP contribution in [-0.4, -0.2) is 27.8 Å². The second kappa shape index (κ2) is 4.73. The normalized spacial score (nSPS) is 29.3. The molecule has 0 aromatic carbocycles. The molecule has 2 atom stereocenters. The van der Waals surface area contributed by atoms with Crippen LogP contribution in [-0.2, 0) is 6.54 Å². The van der Waals surface area contributed by atoms with Crippen LogP contribution in [0.1, 0.15) is 18.4 Å². The highest BCUT2D eigenvalue weighted by molar-refractivity contribution is 9.09. The topological polar surface area (TPSA) is 16.1 Å². The molecule has 4 heteroatoms. The zero-order chi connectivity index (χ0) is 9.97. The van der Waals surface area contributed by atoms with E-state index in [2.05, 4.69) is 38.1 Å². The molecule has 2 nitrogen and oxygen atoms in total. The van der Waals surface area contributed by atoms with Crippen molar-refractivity contribution < 1.29 is 0 Å². The largest absolute Gasteiger partial charge is 0.296 e. The summed E-state index contributed by atoms with van der Waals surface area (Å²) < 4.78 is 0. The summed E-state index contributed by atoms with van der Waals surface area (Å²) in [6.45, 7) is 5.73. The Balaban J connectivity index is 1.88. The van der Waals surface area contributed by atoms with Crippen molar-refractivity contribution in [2.24, 2.45) is 5.92 Å². The van der Waals surface area contributed by atoms with Gasteiger partial charge in [0.05, 0.1) is 6.54 Å². The van der Waals surface area contributed by atoms with Crippen molar-refractivity contribution in [2.45, 2.75) is 24.7 Å². The molecule has 1 aromatic rings. The molecule has 1 aliphatic heterocycles. The summed E-state index contributed by atoms with van der Waals surface area (Å²) >= 11 is 5.47. The molecule has 1 aliphatic rings. The second-order valence-corrected chi connectivity index (χ2v) is 6.10. The number of piperidine rings is 1. The first-order valence-corrected chi connectivity index (χ1v) is 6.80. The van der Waals surface area contributed by atoms with Gasteiger partial charge >= 0.3 is 0 Å². The maximum atomic E-state index is 4.32. The predicted octanol–water partition coefficient (Wildman–Crippen LogP) is 2.75.